The summed E-state index contributed by atoms with van der Waals surface area (Å²) in [6, 6.07) is 0. The van der Waals surface area contributed by atoms with Crippen LogP contribution < -0.4 is 0 Å². The van der Waals surface area contributed by atoms with Gasteiger partial charge in [-0.2, -0.15) is 43.9 Å². The summed E-state index contributed by atoms with van der Waals surface area (Å²) in [6.45, 7) is -3.01. The zero-order valence-electron chi connectivity index (χ0n) is 7.94. The molecule has 0 aromatic carbocycles. The standard InChI is InChI=1S/C7H3F11/c8-1-2-3(9,10)5(13,14)7(17,18)6(15,16)4(2,11)12/h2H,1H2. The Morgan fingerprint density at radius 2 is 0.833 bits per heavy atom. The van der Waals surface area contributed by atoms with E-state index >= 15 is 0 Å². The van der Waals surface area contributed by atoms with Gasteiger partial charge in [0.05, 0.1) is 0 Å². The average molecular weight is 296 g/mol. The van der Waals surface area contributed by atoms with Crippen molar-refractivity contribution in [2.45, 2.75) is 29.6 Å². The first-order chi connectivity index (χ1) is 7.69. The molecule has 0 nitrogen and oxygen atoms in total. The van der Waals surface area contributed by atoms with E-state index in [0.29, 0.717) is 0 Å². The van der Waals surface area contributed by atoms with Gasteiger partial charge in [0.2, 0.25) is 0 Å². The number of halogens is 11. The molecule has 1 aliphatic rings. The summed E-state index contributed by atoms with van der Waals surface area (Å²) in [5, 5.41) is 0. The van der Waals surface area contributed by atoms with E-state index in [1.165, 1.54) is 0 Å². The van der Waals surface area contributed by atoms with Gasteiger partial charge in [0, 0.05) is 0 Å². The first kappa shape index (κ1) is 15.3. The van der Waals surface area contributed by atoms with Gasteiger partial charge in [-0.05, 0) is 0 Å². The molecule has 0 heterocycles. The van der Waals surface area contributed by atoms with Crippen LogP contribution in [0.2, 0.25) is 0 Å². The normalized spacial score (nSPS) is 32.2. The van der Waals surface area contributed by atoms with Crippen molar-refractivity contribution in [1.29, 1.82) is 0 Å². The Morgan fingerprint density at radius 1 is 0.556 bits per heavy atom. The van der Waals surface area contributed by atoms with Gasteiger partial charge < -0.3 is 0 Å². The monoisotopic (exact) mass is 296 g/mol. The van der Waals surface area contributed by atoms with Crippen molar-refractivity contribution in [2.75, 3.05) is 6.67 Å². The predicted molar refractivity (Wildman–Crippen MR) is 34.2 cm³/mol. The van der Waals surface area contributed by atoms with Gasteiger partial charge in [-0.1, -0.05) is 0 Å². The molecule has 0 spiro atoms. The number of hydrogen-bond donors (Lipinski definition) is 0. The second kappa shape index (κ2) is 3.41. The Balaban J connectivity index is 3.59. The molecular formula is C7H3F11. The van der Waals surface area contributed by atoms with Gasteiger partial charge in [-0.15, -0.1) is 0 Å². The van der Waals surface area contributed by atoms with E-state index < -0.39 is 42.2 Å². The highest BCUT2D eigenvalue weighted by atomic mass is 19.4. The molecule has 0 radical (unpaired) electrons. The van der Waals surface area contributed by atoms with Crippen molar-refractivity contribution in [1.82, 2.24) is 0 Å². The van der Waals surface area contributed by atoms with Crippen LogP contribution in [-0.4, -0.2) is 36.3 Å². The molecule has 1 fully saturated rings. The van der Waals surface area contributed by atoms with Crippen molar-refractivity contribution in [2.24, 2.45) is 5.92 Å². The molecule has 0 unspecified atom stereocenters. The summed E-state index contributed by atoms with van der Waals surface area (Å²) in [4.78, 5) is 0. The van der Waals surface area contributed by atoms with Crippen molar-refractivity contribution in [3.63, 3.8) is 0 Å². The largest absolute Gasteiger partial charge is 0.384 e. The van der Waals surface area contributed by atoms with Gasteiger partial charge in [0.15, 0.2) is 0 Å². The highest BCUT2D eigenvalue weighted by Crippen LogP contribution is 2.66. The molecule has 11 heteroatoms. The molecule has 0 aromatic rings. The second-order valence-electron chi connectivity index (χ2n) is 3.68. The average Bonchev–Trinajstić information content (AvgIpc) is 2.15. The molecule has 108 valence electrons. The summed E-state index contributed by atoms with van der Waals surface area (Å²) in [7, 11) is 0. The predicted octanol–water partition coefficient (Wildman–Crippen LogP) is 3.76. The topological polar surface area (TPSA) is 0 Å². The lowest BCUT2D eigenvalue weighted by molar-refractivity contribution is -0.464. The minimum absolute atomic E-state index is 3.01. The van der Waals surface area contributed by atoms with E-state index in [4.69, 9.17) is 0 Å². The summed E-state index contributed by atoms with van der Waals surface area (Å²) in [5.74, 6) is -37.8. The molecular weight excluding hydrogens is 293 g/mol. The van der Waals surface area contributed by atoms with Crippen LogP contribution >= 0.6 is 0 Å². The smallest absolute Gasteiger partial charge is 0.250 e. The van der Waals surface area contributed by atoms with E-state index in [1.807, 2.05) is 0 Å². The lowest BCUT2D eigenvalue weighted by Gasteiger charge is -2.48. The fourth-order valence-corrected chi connectivity index (χ4v) is 1.47. The summed E-state index contributed by atoms with van der Waals surface area (Å²) in [6.07, 6.45) is 0. The zero-order chi connectivity index (χ0) is 14.8. The van der Waals surface area contributed by atoms with E-state index in [9.17, 15) is 48.3 Å². The Labute approximate surface area is 91.7 Å². The number of rotatable bonds is 1. The highest BCUT2D eigenvalue weighted by molar-refractivity contribution is 5.18. The van der Waals surface area contributed by atoms with Crippen LogP contribution in [0.3, 0.4) is 0 Å². The van der Waals surface area contributed by atoms with Gasteiger partial charge >= 0.3 is 29.6 Å². The molecule has 0 aliphatic heterocycles. The summed E-state index contributed by atoms with van der Waals surface area (Å²) >= 11 is 0. The van der Waals surface area contributed by atoms with Gasteiger partial charge in [0.25, 0.3) is 0 Å². The van der Waals surface area contributed by atoms with Crippen molar-refractivity contribution in [3.05, 3.63) is 0 Å². The zero-order valence-corrected chi connectivity index (χ0v) is 7.94. The van der Waals surface area contributed by atoms with Crippen LogP contribution in [0.4, 0.5) is 48.3 Å². The van der Waals surface area contributed by atoms with E-state index in [-0.39, 0.29) is 0 Å². The molecule has 1 saturated carbocycles. The minimum atomic E-state index is -7.02. The highest BCUT2D eigenvalue weighted by Gasteiger charge is 2.95. The Bertz CT molecular complexity index is 313. The van der Waals surface area contributed by atoms with Crippen LogP contribution in [0.5, 0.6) is 0 Å². The van der Waals surface area contributed by atoms with Crippen LogP contribution in [-0.2, 0) is 0 Å². The van der Waals surface area contributed by atoms with Crippen LogP contribution in [0.1, 0.15) is 0 Å². The maximum absolute atomic E-state index is 12.7. The molecule has 0 amide bonds. The number of alkyl halides is 11. The Hall–Kier alpha value is -0.770. The van der Waals surface area contributed by atoms with Crippen LogP contribution in [0.15, 0.2) is 0 Å². The van der Waals surface area contributed by atoms with Crippen molar-refractivity contribution >= 4 is 0 Å². The minimum Gasteiger partial charge on any atom is -0.250 e. The molecule has 1 rings (SSSR count). The molecule has 18 heavy (non-hydrogen) atoms. The molecule has 1 aliphatic carbocycles. The summed E-state index contributed by atoms with van der Waals surface area (Å²) in [5.41, 5.74) is 0. The first-order valence-corrected chi connectivity index (χ1v) is 4.14. The lowest BCUT2D eigenvalue weighted by atomic mass is 9.75. The molecule has 0 atom stereocenters. The fourth-order valence-electron chi connectivity index (χ4n) is 1.47. The quantitative estimate of drug-likeness (QED) is 0.646. The third-order valence-electron chi connectivity index (χ3n) is 2.66. The second-order valence-corrected chi connectivity index (χ2v) is 3.68. The van der Waals surface area contributed by atoms with Gasteiger partial charge in [0.1, 0.15) is 12.6 Å². The first-order valence-electron chi connectivity index (χ1n) is 4.14. The van der Waals surface area contributed by atoms with Crippen molar-refractivity contribution in [3.8, 4) is 0 Å². The molecule has 0 bridgehead atoms. The SMILES string of the molecule is FCC1C(F)(F)C(F)(F)C(F)(F)C(F)(F)C1(F)F. The maximum Gasteiger partial charge on any atom is 0.384 e. The maximum atomic E-state index is 12.7. The van der Waals surface area contributed by atoms with Crippen LogP contribution in [0, 0.1) is 5.92 Å². The van der Waals surface area contributed by atoms with Gasteiger partial charge in [-0.25, -0.2) is 0 Å². The fraction of sp³-hybridized carbons (Fsp3) is 1.00. The Morgan fingerprint density at radius 3 is 1.06 bits per heavy atom. The van der Waals surface area contributed by atoms with Gasteiger partial charge in [-0.3, -0.25) is 4.39 Å². The molecule has 0 N–H and O–H groups in total. The van der Waals surface area contributed by atoms with E-state index in [2.05, 4.69) is 0 Å². The van der Waals surface area contributed by atoms with E-state index in [0.717, 1.165) is 0 Å². The van der Waals surface area contributed by atoms with Crippen LogP contribution in [0.25, 0.3) is 0 Å². The molecule has 0 aromatic heterocycles. The molecule has 0 saturated heterocycles. The third-order valence-corrected chi connectivity index (χ3v) is 2.66. The lowest BCUT2D eigenvalue weighted by Crippen LogP contribution is -2.77. The number of hydrogen-bond acceptors (Lipinski definition) is 0. The summed E-state index contributed by atoms with van der Waals surface area (Å²) < 4.78 is 138. The Kier molecular flexibility index (Phi) is 2.90. The van der Waals surface area contributed by atoms with E-state index in [1.54, 1.807) is 0 Å². The third kappa shape index (κ3) is 1.27. The van der Waals surface area contributed by atoms with Crippen molar-refractivity contribution < 1.29 is 48.3 Å².